The number of hydrogen-bond donors (Lipinski definition) is 0. The molecule has 0 aliphatic rings. The third kappa shape index (κ3) is 3.95. The predicted molar refractivity (Wildman–Crippen MR) is 93.3 cm³/mol. The van der Waals surface area contributed by atoms with Crippen LogP contribution in [0.2, 0.25) is 0 Å². The summed E-state index contributed by atoms with van der Waals surface area (Å²) in [6.07, 6.45) is 0. The van der Waals surface area contributed by atoms with Crippen molar-refractivity contribution in [2.45, 2.75) is 0 Å². The summed E-state index contributed by atoms with van der Waals surface area (Å²) in [6, 6.07) is 20.1. The first-order valence-electron chi connectivity index (χ1n) is 7.20. The van der Waals surface area contributed by atoms with Crippen LogP contribution in [-0.4, -0.2) is 49.7 Å². The first-order chi connectivity index (χ1) is 10.6. The van der Waals surface area contributed by atoms with Crippen molar-refractivity contribution in [3.05, 3.63) is 71.8 Å². The summed E-state index contributed by atoms with van der Waals surface area (Å²) in [4.78, 5) is 3.94. The highest BCUT2D eigenvalue weighted by Crippen LogP contribution is 2.07. The molecule has 2 rings (SSSR count). The van der Waals surface area contributed by atoms with Gasteiger partial charge in [0.25, 0.3) is 0 Å². The fraction of sp³-hybridized carbons (Fsp3) is 0.222. The standard InChI is InChI=1S/C18H22N4/c1-21(2)17(15-11-7-5-8-12-15)19-20-18(22(3)4)16-13-9-6-10-14-16/h5-14H,1-4H3. The summed E-state index contributed by atoms with van der Waals surface area (Å²) in [5.74, 6) is 1.66. The second-order valence-electron chi connectivity index (χ2n) is 5.37. The lowest BCUT2D eigenvalue weighted by molar-refractivity contribution is 0.610. The number of rotatable bonds is 3. The van der Waals surface area contributed by atoms with Gasteiger partial charge in [0.1, 0.15) is 0 Å². The van der Waals surface area contributed by atoms with Crippen LogP contribution in [-0.2, 0) is 0 Å². The van der Waals surface area contributed by atoms with E-state index in [9.17, 15) is 0 Å². The Labute approximate surface area is 132 Å². The maximum absolute atomic E-state index is 4.48. The van der Waals surface area contributed by atoms with Gasteiger partial charge in [-0.15, -0.1) is 10.2 Å². The van der Waals surface area contributed by atoms with Crippen LogP contribution in [0.1, 0.15) is 11.1 Å². The molecule has 0 spiro atoms. The van der Waals surface area contributed by atoms with E-state index in [1.165, 1.54) is 0 Å². The van der Waals surface area contributed by atoms with Crippen molar-refractivity contribution in [3.63, 3.8) is 0 Å². The van der Waals surface area contributed by atoms with Gasteiger partial charge in [-0.3, -0.25) is 0 Å². The fourth-order valence-corrected chi connectivity index (χ4v) is 2.08. The van der Waals surface area contributed by atoms with E-state index >= 15 is 0 Å². The van der Waals surface area contributed by atoms with E-state index in [0.29, 0.717) is 0 Å². The lowest BCUT2D eigenvalue weighted by Gasteiger charge is -2.17. The molecule has 0 unspecified atom stereocenters. The Bertz CT molecular complexity index is 584. The van der Waals surface area contributed by atoms with Crippen molar-refractivity contribution < 1.29 is 0 Å². The molecule has 0 N–H and O–H groups in total. The number of hydrogen-bond acceptors (Lipinski definition) is 2. The van der Waals surface area contributed by atoms with E-state index in [2.05, 4.69) is 10.2 Å². The van der Waals surface area contributed by atoms with Crippen molar-refractivity contribution >= 4 is 11.7 Å². The van der Waals surface area contributed by atoms with Crippen LogP contribution in [0.25, 0.3) is 0 Å². The first-order valence-corrected chi connectivity index (χ1v) is 7.20. The topological polar surface area (TPSA) is 31.2 Å². The molecule has 0 fully saturated rings. The Morgan fingerprint density at radius 3 is 1.18 bits per heavy atom. The quantitative estimate of drug-likeness (QED) is 0.495. The van der Waals surface area contributed by atoms with Crippen LogP contribution >= 0.6 is 0 Å². The zero-order valence-corrected chi connectivity index (χ0v) is 13.6. The van der Waals surface area contributed by atoms with Gasteiger partial charge in [-0.1, -0.05) is 60.7 Å². The molecular formula is C18H22N4. The third-order valence-electron chi connectivity index (χ3n) is 3.15. The molecule has 2 aromatic rings. The maximum Gasteiger partial charge on any atom is 0.158 e. The van der Waals surface area contributed by atoms with Gasteiger partial charge in [0, 0.05) is 39.3 Å². The molecule has 0 amide bonds. The maximum atomic E-state index is 4.48. The molecule has 4 heteroatoms. The van der Waals surface area contributed by atoms with Gasteiger partial charge >= 0.3 is 0 Å². The van der Waals surface area contributed by atoms with Crippen molar-refractivity contribution in [2.75, 3.05) is 28.2 Å². The van der Waals surface area contributed by atoms with Gasteiger partial charge < -0.3 is 9.80 Å². The van der Waals surface area contributed by atoms with E-state index in [0.717, 1.165) is 22.8 Å². The highest BCUT2D eigenvalue weighted by atomic mass is 15.3. The molecule has 0 aromatic heterocycles. The van der Waals surface area contributed by atoms with Gasteiger partial charge in [-0.25, -0.2) is 0 Å². The zero-order valence-electron chi connectivity index (χ0n) is 13.6. The third-order valence-corrected chi connectivity index (χ3v) is 3.15. The minimum atomic E-state index is 0.830. The summed E-state index contributed by atoms with van der Waals surface area (Å²) < 4.78 is 0. The summed E-state index contributed by atoms with van der Waals surface area (Å²) in [5.41, 5.74) is 2.09. The molecule has 0 bridgehead atoms. The van der Waals surface area contributed by atoms with E-state index in [1.54, 1.807) is 0 Å². The van der Waals surface area contributed by atoms with E-state index in [-0.39, 0.29) is 0 Å². The molecule has 4 nitrogen and oxygen atoms in total. The molecule has 0 saturated heterocycles. The monoisotopic (exact) mass is 294 g/mol. The Balaban J connectivity index is 2.42. The lowest BCUT2D eigenvalue weighted by atomic mass is 10.2. The average Bonchev–Trinajstić information content (AvgIpc) is 2.52. The van der Waals surface area contributed by atoms with E-state index < -0.39 is 0 Å². The van der Waals surface area contributed by atoms with E-state index in [1.807, 2.05) is 98.7 Å². The van der Waals surface area contributed by atoms with Crippen LogP contribution in [0, 0.1) is 0 Å². The molecule has 0 heterocycles. The summed E-state index contributed by atoms with van der Waals surface area (Å²) in [7, 11) is 7.89. The Morgan fingerprint density at radius 1 is 0.591 bits per heavy atom. The zero-order chi connectivity index (χ0) is 15.9. The summed E-state index contributed by atoms with van der Waals surface area (Å²) in [6.45, 7) is 0. The molecule has 0 aliphatic carbocycles. The van der Waals surface area contributed by atoms with Gasteiger partial charge in [0.2, 0.25) is 0 Å². The van der Waals surface area contributed by atoms with Crippen molar-refractivity contribution in [2.24, 2.45) is 10.2 Å². The Kier molecular flexibility index (Phi) is 5.31. The number of benzene rings is 2. The second kappa shape index (κ2) is 7.41. The molecule has 114 valence electrons. The van der Waals surface area contributed by atoms with Crippen molar-refractivity contribution in [1.82, 2.24) is 9.80 Å². The Morgan fingerprint density at radius 2 is 0.909 bits per heavy atom. The fourth-order valence-electron chi connectivity index (χ4n) is 2.08. The van der Waals surface area contributed by atoms with Gasteiger partial charge in [-0.2, -0.15) is 0 Å². The molecular weight excluding hydrogens is 272 g/mol. The molecule has 0 radical (unpaired) electrons. The Hall–Kier alpha value is -2.62. The average molecular weight is 294 g/mol. The largest absolute Gasteiger partial charge is 0.361 e. The highest BCUT2D eigenvalue weighted by molar-refractivity contribution is 6.01. The van der Waals surface area contributed by atoms with Crippen LogP contribution in [0.4, 0.5) is 0 Å². The normalized spacial score (nSPS) is 12.2. The summed E-state index contributed by atoms with van der Waals surface area (Å²) >= 11 is 0. The van der Waals surface area contributed by atoms with Crippen molar-refractivity contribution in [1.29, 1.82) is 0 Å². The minimum absolute atomic E-state index is 0.830. The molecule has 22 heavy (non-hydrogen) atoms. The smallest absolute Gasteiger partial charge is 0.158 e. The molecule has 0 aliphatic heterocycles. The second-order valence-corrected chi connectivity index (χ2v) is 5.37. The number of amidine groups is 2. The van der Waals surface area contributed by atoms with E-state index in [4.69, 9.17) is 0 Å². The van der Waals surface area contributed by atoms with Gasteiger partial charge in [-0.05, 0) is 0 Å². The van der Waals surface area contributed by atoms with Crippen LogP contribution in [0.15, 0.2) is 70.9 Å². The van der Waals surface area contributed by atoms with Gasteiger partial charge in [0.05, 0.1) is 0 Å². The van der Waals surface area contributed by atoms with Crippen molar-refractivity contribution in [3.8, 4) is 0 Å². The van der Waals surface area contributed by atoms with Crippen LogP contribution in [0.5, 0.6) is 0 Å². The van der Waals surface area contributed by atoms with Gasteiger partial charge in [0.15, 0.2) is 11.7 Å². The molecule has 2 aromatic carbocycles. The number of nitrogens with zero attached hydrogens (tertiary/aromatic N) is 4. The summed E-state index contributed by atoms with van der Waals surface area (Å²) in [5, 5.41) is 8.96. The highest BCUT2D eigenvalue weighted by Gasteiger charge is 2.08. The SMILES string of the molecule is CN(C)C(=NN=C(c1ccccc1)N(C)C)c1ccccc1. The lowest BCUT2D eigenvalue weighted by Crippen LogP contribution is -2.25. The van der Waals surface area contributed by atoms with Crippen LogP contribution in [0.3, 0.4) is 0 Å². The predicted octanol–water partition coefficient (Wildman–Crippen LogP) is 2.92. The first kappa shape index (κ1) is 15.8. The molecule has 0 saturated carbocycles. The minimum Gasteiger partial charge on any atom is -0.361 e. The van der Waals surface area contributed by atoms with Crippen LogP contribution < -0.4 is 0 Å². The molecule has 0 atom stereocenters.